The average molecular weight is 219 g/mol. The number of aryl methyl sites for hydroxylation is 2. The van der Waals surface area contributed by atoms with Crippen LogP contribution in [0.15, 0.2) is 24.9 Å². The maximum absolute atomic E-state index is 5.26. The summed E-state index contributed by atoms with van der Waals surface area (Å²) in [5, 5.41) is 0. The summed E-state index contributed by atoms with van der Waals surface area (Å²) in [5.74, 6) is 0. The van der Waals surface area contributed by atoms with Crippen molar-refractivity contribution >= 4 is 23.4 Å². The number of H-pyrrole nitrogens is 1. The van der Waals surface area contributed by atoms with Crippen LogP contribution in [0.2, 0.25) is 0 Å². The molecule has 2 aromatic heterocycles. The molecule has 2 aromatic rings. The van der Waals surface area contributed by atoms with Gasteiger partial charge in [0.2, 0.25) is 0 Å². The van der Waals surface area contributed by atoms with Gasteiger partial charge in [0.15, 0.2) is 10.4 Å². The number of nitrogens with zero attached hydrogens (tertiary/aromatic N) is 2. The van der Waals surface area contributed by atoms with Crippen LogP contribution in [-0.2, 0) is 6.54 Å². The minimum absolute atomic E-state index is 0.730. The molecule has 0 radical (unpaired) electrons. The smallest absolute Gasteiger partial charge is 0.179 e. The number of imidazole rings is 1. The fourth-order valence-corrected chi connectivity index (χ4v) is 1.88. The summed E-state index contributed by atoms with van der Waals surface area (Å²) in [6.45, 7) is 6.59. The highest BCUT2D eigenvalue weighted by molar-refractivity contribution is 7.71. The third-order valence-corrected chi connectivity index (χ3v) is 2.75. The fourth-order valence-electron chi connectivity index (χ4n) is 1.60. The molecule has 3 nitrogen and oxygen atoms in total. The van der Waals surface area contributed by atoms with Crippen molar-refractivity contribution in [3.63, 3.8) is 0 Å². The van der Waals surface area contributed by atoms with Crippen molar-refractivity contribution in [3.05, 3.63) is 35.3 Å². The van der Waals surface area contributed by atoms with Crippen LogP contribution in [0.4, 0.5) is 0 Å². The van der Waals surface area contributed by atoms with E-state index in [2.05, 4.69) is 16.5 Å². The first-order chi connectivity index (χ1) is 7.24. The van der Waals surface area contributed by atoms with Gasteiger partial charge in [0.1, 0.15) is 0 Å². The first kappa shape index (κ1) is 10.1. The molecule has 0 amide bonds. The zero-order valence-corrected chi connectivity index (χ0v) is 9.47. The minimum atomic E-state index is 0.730. The van der Waals surface area contributed by atoms with Crippen LogP contribution in [0.5, 0.6) is 0 Å². The third-order valence-electron chi connectivity index (χ3n) is 2.43. The molecule has 0 saturated carbocycles. The second kappa shape index (κ2) is 3.98. The van der Waals surface area contributed by atoms with Crippen molar-refractivity contribution < 1.29 is 0 Å². The van der Waals surface area contributed by atoms with E-state index in [9.17, 15) is 0 Å². The molecular formula is C11H13N3S. The molecule has 0 aliphatic heterocycles. The Bertz CT molecular complexity index is 550. The molecule has 0 aromatic carbocycles. The molecule has 0 spiro atoms. The predicted molar refractivity (Wildman–Crippen MR) is 64.5 cm³/mol. The van der Waals surface area contributed by atoms with Crippen LogP contribution in [-0.4, -0.2) is 14.5 Å². The number of hydrogen-bond donors (Lipinski definition) is 1. The number of nitrogens with one attached hydrogen (secondary N) is 1. The monoisotopic (exact) mass is 219 g/mol. The quantitative estimate of drug-likeness (QED) is 0.636. The molecular weight excluding hydrogens is 206 g/mol. The summed E-state index contributed by atoms with van der Waals surface area (Å²) in [4.78, 5) is 7.53. The number of allylic oxidation sites excluding steroid dienone is 1. The molecule has 0 aliphatic carbocycles. The molecule has 0 atom stereocenters. The molecule has 0 fully saturated rings. The largest absolute Gasteiger partial charge is 0.329 e. The summed E-state index contributed by atoms with van der Waals surface area (Å²) in [6, 6.07) is 1.98. The third kappa shape index (κ3) is 1.72. The molecule has 0 bridgehead atoms. The van der Waals surface area contributed by atoms with Crippen molar-refractivity contribution in [1.82, 2.24) is 14.5 Å². The van der Waals surface area contributed by atoms with Gasteiger partial charge in [0, 0.05) is 12.7 Å². The van der Waals surface area contributed by atoms with Gasteiger partial charge in [-0.3, -0.25) is 0 Å². The van der Waals surface area contributed by atoms with Gasteiger partial charge in [0.25, 0.3) is 0 Å². The summed E-state index contributed by atoms with van der Waals surface area (Å²) >= 11 is 5.26. The normalized spacial score (nSPS) is 10.7. The van der Waals surface area contributed by atoms with Crippen LogP contribution >= 0.6 is 12.2 Å². The molecule has 2 rings (SSSR count). The van der Waals surface area contributed by atoms with Gasteiger partial charge >= 0.3 is 0 Å². The fraction of sp³-hybridized carbons (Fsp3) is 0.273. The maximum atomic E-state index is 5.26. The highest BCUT2D eigenvalue weighted by Crippen LogP contribution is 2.15. The number of hydrogen-bond acceptors (Lipinski definition) is 2. The van der Waals surface area contributed by atoms with Crippen LogP contribution in [0.1, 0.15) is 12.0 Å². The summed E-state index contributed by atoms with van der Waals surface area (Å²) in [7, 11) is 0. The Kier molecular flexibility index (Phi) is 2.68. The molecule has 78 valence electrons. The van der Waals surface area contributed by atoms with E-state index in [-0.39, 0.29) is 0 Å². The molecule has 0 unspecified atom stereocenters. The predicted octanol–water partition coefficient (Wildman–Crippen LogP) is 2.98. The number of fused-ring (bicyclic) bond motifs is 1. The number of aromatic nitrogens is 3. The van der Waals surface area contributed by atoms with Crippen molar-refractivity contribution in [2.24, 2.45) is 0 Å². The Morgan fingerprint density at radius 3 is 3.20 bits per heavy atom. The Morgan fingerprint density at radius 1 is 1.67 bits per heavy atom. The lowest BCUT2D eigenvalue weighted by atomic mass is 10.3. The standard InChI is InChI=1S/C11H13N3S/c1-3-4-7-14-10-9(13-11(14)15)8(2)5-6-12-10/h3,5-6H,1,4,7H2,2H3,(H,13,15). The SMILES string of the molecule is C=CCCn1c(=S)[nH]c2c(C)ccnc21. The maximum Gasteiger partial charge on any atom is 0.179 e. The van der Waals surface area contributed by atoms with E-state index in [1.807, 2.05) is 29.8 Å². The molecule has 0 aliphatic rings. The number of rotatable bonds is 3. The molecule has 1 N–H and O–H groups in total. The van der Waals surface area contributed by atoms with Crippen LogP contribution < -0.4 is 0 Å². The lowest BCUT2D eigenvalue weighted by molar-refractivity contribution is 0.714. The summed E-state index contributed by atoms with van der Waals surface area (Å²) < 4.78 is 2.74. The van der Waals surface area contributed by atoms with Gasteiger partial charge in [-0.1, -0.05) is 6.08 Å². The van der Waals surface area contributed by atoms with E-state index in [0.717, 1.165) is 28.9 Å². The number of pyridine rings is 1. The van der Waals surface area contributed by atoms with E-state index in [1.165, 1.54) is 5.56 Å². The summed E-state index contributed by atoms with van der Waals surface area (Å²) in [5.41, 5.74) is 3.14. The number of aromatic amines is 1. The molecule has 15 heavy (non-hydrogen) atoms. The second-order valence-electron chi connectivity index (χ2n) is 3.49. The van der Waals surface area contributed by atoms with E-state index in [0.29, 0.717) is 0 Å². The first-order valence-electron chi connectivity index (χ1n) is 4.89. The van der Waals surface area contributed by atoms with Crippen LogP contribution in [0.3, 0.4) is 0 Å². The van der Waals surface area contributed by atoms with Gasteiger partial charge in [-0.15, -0.1) is 6.58 Å². The van der Waals surface area contributed by atoms with Crippen molar-refractivity contribution in [3.8, 4) is 0 Å². The average Bonchev–Trinajstić information content (AvgIpc) is 2.54. The van der Waals surface area contributed by atoms with Gasteiger partial charge in [-0.05, 0) is 37.2 Å². The van der Waals surface area contributed by atoms with Crippen molar-refractivity contribution in [2.75, 3.05) is 0 Å². The van der Waals surface area contributed by atoms with E-state index < -0.39 is 0 Å². The van der Waals surface area contributed by atoms with Crippen molar-refractivity contribution in [1.29, 1.82) is 0 Å². The van der Waals surface area contributed by atoms with Crippen LogP contribution in [0, 0.1) is 11.7 Å². The highest BCUT2D eigenvalue weighted by atomic mass is 32.1. The van der Waals surface area contributed by atoms with Crippen LogP contribution in [0.25, 0.3) is 11.2 Å². The van der Waals surface area contributed by atoms with Gasteiger partial charge < -0.3 is 9.55 Å². The van der Waals surface area contributed by atoms with Gasteiger partial charge in [-0.2, -0.15) is 0 Å². The zero-order valence-electron chi connectivity index (χ0n) is 8.66. The lowest BCUT2D eigenvalue weighted by Gasteiger charge is -2.00. The first-order valence-corrected chi connectivity index (χ1v) is 5.30. The second-order valence-corrected chi connectivity index (χ2v) is 3.87. The van der Waals surface area contributed by atoms with Crippen molar-refractivity contribution in [2.45, 2.75) is 19.9 Å². The molecule has 4 heteroatoms. The zero-order chi connectivity index (χ0) is 10.8. The van der Waals surface area contributed by atoms with E-state index >= 15 is 0 Å². The summed E-state index contributed by atoms with van der Waals surface area (Å²) in [6.07, 6.45) is 4.60. The van der Waals surface area contributed by atoms with E-state index in [4.69, 9.17) is 12.2 Å². The Labute approximate surface area is 93.5 Å². The topological polar surface area (TPSA) is 33.6 Å². The minimum Gasteiger partial charge on any atom is -0.329 e. The van der Waals surface area contributed by atoms with Gasteiger partial charge in [-0.25, -0.2) is 4.98 Å². The Morgan fingerprint density at radius 2 is 2.47 bits per heavy atom. The van der Waals surface area contributed by atoms with Gasteiger partial charge in [0.05, 0.1) is 5.52 Å². The Hall–Kier alpha value is -1.42. The molecule has 0 saturated heterocycles. The Balaban J connectivity index is 2.63. The lowest BCUT2D eigenvalue weighted by Crippen LogP contribution is -1.97. The molecule has 2 heterocycles. The highest BCUT2D eigenvalue weighted by Gasteiger charge is 2.06. The van der Waals surface area contributed by atoms with E-state index in [1.54, 1.807) is 0 Å².